The quantitative estimate of drug-likeness (QED) is 0.604. The van der Waals surface area contributed by atoms with E-state index in [9.17, 15) is 4.79 Å². The number of rotatable bonds is 3. The van der Waals surface area contributed by atoms with Crippen LogP contribution >= 0.6 is 0 Å². The highest BCUT2D eigenvalue weighted by molar-refractivity contribution is 5.81. The molecule has 5 nitrogen and oxygen atoms in total. The molecule has 1 rings (SSSR count). The van der Waals surface area contributed by atoms with Gasteiger partial charge < -0.3 is 20.1 Å². The molecule has 0 spiro atoms. The first-order chi connectivity index (χ1) is 6.69. The SMILES string of the molecule is CNC(C)C(=O)N1CCOC(CO)C1. The van der Waals surface area contributed by atoms with E-state index in [1.807, 2.05) is 6.92 Å². The van der Waals surface area contributed by atoms with E-state index >= 15 is 0 Å². The lowest BCUT2D eigenvalue weighted by molar-refractivity contribution is -0.141. The highest BCUT2D eigenvalue weighted by Gasteiger charge is 2.25. The number of carbonyl (C=O) groups is 1. The second kappa shape index (κ2) is 5.29. The van der Waals surface area contributed by atoms with Crippen molar-refractivity contribution in [2.45, 2.75) is 19.1 Å². The van der Waals surface area contributed by atoms with E-state index in [0.29, 0.717) is 19.7 Å². The third-order valence-corrected chi connectivity index (χ3v) is 2.46. The van der Waals surface area contributed by atoms with Crippen molar-refractivity contribution >= 4 is 5.91 Å². The van der Waals surface area contributed by atoms with Crippen LogP contribution in [0.5, 0.6) is 0 Å². The average molecular weight is 202 g/mol. The van der Waals surface area contributed by atoms with Crippen molar-refractivity contribution in [3.05, 3.63) is 0 Å². The van der Waals surface area contributed by atoms with E-state index in [2.05, 4.69) is 5.32 Å². The van der Waals surface area contributed by atoms with Crippen LogP contribution in [0, 0.1) is 0 Å². The number of hydrogen-bond acceptors (Lipinski definition) is 4. The van der Waals surface area contributed by atoms with Gasteiger partial charge in [0, 0.05) is 13.1 Å². The zero-order valence-corrected chi connectivity index (χ0v) is 8.69. The van der Waals surface area contributed by atoms with Crippen molar-refractivity contribution in [2.75, 3.05) is 33.4 Å². The highest BCUT2D eigenvalue weighted by Crippen LogP contribution is 2.06. The molecule has 0 saturated carbocycles. The normalized spacial score (nSPS) is 24.8. The number of carbonyl (C=O) groups excluding carboxylic acids is 1. The Hall–Kier alpha value is -0.650. The number of aliphatic hydroxyl groups is 1. The topological polar surface area (TPSA) is 61.8 Å². The Bertz CT molecular complexity index is 198. The van der Waals surface area contributed by atoms with Gasteiger partial charge in [-0.05, 0) is 14.0 Å². The van der Waals surface area contributed by atoms with Crippen LogP contribution in [-0.2, 0) is 9.53 Å². The summed E-state index contributed by atoms with van der Waals surface area (Å²) in [6.07, 6.45) is -0.225. The minimum atomic E-state index is -0.225. The summed E-state index contributed by atoms with van der Waals surface area (Å²) >= 11 is 0. The molecule has 0 aliphatic carbocycles. The first-order valence-corrected chi connectivity index (χ1v) is 4.87. The molecule has 1 amide bonds. The number of morpholine rings is 1. The molecule has 1 heterocycles. The van der Waals surface area contributed by atoms with Crippen LogP contribution in [0.15, 0.2) is 0 Å². The van der Waals surface area contributed by atoms with Gasteiger partial charge in [0.2, 0.25) is 5.91 Å². The number of likely N-dealkylation sites (N-methyl/N-ethyl adjacent to an activating group) is 1. The van der Waals surface area contributed by atoms with E-state index in [1.165, 1.54) is 0 Å². The Morgan fingerprint density at radius 3 is 3.07 bits per heavy atom. The van der Waals surface area contributed by atoms with E-state index in [4.69, 9.17) is 9.84 Å². The summed E-state index contributed by atoms with van der Waals surface area (Å²) in [5, 5.41) is 11.8. The molecular formula is C9H18N2O3. The number of ether oxygens (including phenoxy) is 1. The van der Waals surface area contributed by atoms with Gasteiger partial charge in [0.1, 0.15) is 0 Å². The lowest BCUT2D eigenvalue weighted by Crippen LogP contribution is -2.52. The molecule has 82 valence electrons. The maximum Gasteiger partial charge on any atom is 0.239 e. The van der Waals surface area contributed by atoms with Crippen LogP contribution in [0.25, 0.3) is 0 Å². The van der Waals surface area contributed by atoms with Crippen molar-refractivity contribution in [1.29, 1.82) is 0 Å². The predicted molar refractivity (Wildman–Crippen MR) is 51.9 cm³/mol. The number of nitrogens with zero attached hydrogens (tertiary/aromatic N) is 1. The smallest absolute Gasteiger partial charge is 0.239 e. The number of nitrogens with one attached hydrogen (secondary N) is 1. The Labute approximate surface area is 84.0 Å². The number of aliphatic hydroxyl groups excluding tert-OH is 1. The Balaban J connectivity index is 2.47. The van der Waals surface area contributed by atoms with E-state index < -0.39 is 0 Å². The first kappa shape index (κ1) is 11.4. The van der Waals surface area contributed by atoms with Gasteiger partial charge in [-0.2, -0.15) is 0 Å². The molecular weight excluding hydrogens is 184 g/mol. The molecule has 0 aromatic heterocycles. The van der Waals surface area contributed by atoms with Crippen molar-refractivity contribution in [3.63, 3.8) is 0 Å². The van der Waals surface area contributed by atoms with E-state index in [-0.39, 0.29) is 24.7 Å². The van der Waals surface area contributed by atoms with Gasteiger partial charge in [0.15, 0.2) is 0 Å². The third kappa shape index (κ3) is 2.67. The van der Waals surface area contributed by atoms with Gasteiger partial charge in [-0.1, -0.05) is 0 Å². The Morgan fingerprint density at radius 2 is 2.50 bits per heavy atom. The Kier molecular flexibility index (Phi) is 4.31. The molecule has 2 N–H and O–H groups in total. The fraction of sp³-hybridized carbons (Fsp3) is 0.889. The largest absolute Gasteiger partial charge is 0.394 e. The van der Waals surface area contributed by atoms with Gasteiger partial charge in [-0.3, -0.25) is 4.79 Å². The first-order valence-electron chi connectivity index (χ1n) is 4.87. The minimum absolute atomic E-state index is 0.0300. The summed E-state index contributed by atoms with van der Waals surface area (Å²) in [4.78, 5) is 13.4. The van der Waals surface area contributed by atoms with Gasteiger partial charge in [-0.25, -0.2) is 0 Å². The summed E-state index contributed by atoms with van der Waals surface area (Å²) in [5.41, 5.74) is 0. The molecule has 1 aliphatic rings. The van der Waals surface area contributed by atoms with E-state index in [1.54, 1.807) is 11.9 Å². The van der Waals surface area contributed by atoms with Crippen LogP contribution in [-0.4, -0.2) is 61.4 Å². The second-order valence-corrected chi connectivity index (χ2v) is 3.47. The van der Waals surface area contributed by atoms with Gasteiger partial charge in [0.05, 0.1) is 25.4 Å². The molecule has 14 heavy (non-hydrogen) atoms. The standard InChI is InChI=1S/C9H18N2O3/c1-7(10-2)9(13)11-3-4-14-8(5-11)6-12/h7-8,10,12H,3-6H2,1-2H3. The van der Waals surface area contributed by atoms with Crippen LogP contribution in [0.4, 0.5) is 0 Å². The van der Waals surface area contributed by atoms with Crippen molar-refractivity contribution in [2.24, 2.45) is 0 Å². The van der Waals surface area contributed by atoms with E-state index in [0.717, 1.165) is 0 Å². The van der Waals surface area contributed by atoms with Gasteiger partial charge >= 0.3 is 0 Å². The molecule has 1 aliphatic heterocycles. The molecule has 1 saturated heterocycles. The molecule has 0 aromatic carbocycles. The van der Waals surface area contributed by atoms with Crippen molar-refractivity contribution in [3.8, 4) is 0 Å². The van der Waals surface area contributed by atoms with Crippen LogP contribution in [0.2, 0.25) is 0 Å². The second-order valence-electron chi connectivity index (χ2n) is 3.47. The van der Waals surface area contributed by atoms with Crippen molar-refractivity contribution in [1.82, 2.24) is 10.2 Å². The summed E-state index contributed by atoms with van der Waals surface area (Å²) in [5.74, 6) is 0.0641. The molecule has 2 unspecified atom stereocenters. The highest BCUT2D eigenvalue weighted by atomic mass is 16.5. The average Bonchev–Trinajstić information content (AvgIpc) is 2.27. The Morgan fingerprint density at radius 1 is 1.79 bits per heavy atom. The lowest BCUT2D eigenvalue weighted by Gasteiger charge is -2.33. The van der Waals surface area contributed by atoms with Crippen LogP contribution < -0.4 is 5.32 Å². The minimum Gasteiger partial charge on any atom is -0.394 e. The number of hydrogen-bond donors (Lipinski definition) is 2. The lowest BCUT2D eigenvalue weighted by atomic mass is 10.2. The zero-order chi connectivity index (χ0) is 10.6. The molecule has 0 radical (unpaired) electrons. The molecule has 1 fully saturated rings. The molecule has 0 bridgehead atoms. The van der Waals surface area contributed by atoms with Gasteiger partial charge in [0.25, 0.3) is 0 Å². The predicted octanol–water partition coefficient (Wildman–Crippen LogP) is -1.19. The summed E-state index contributed by atoms with van der Waals surface area (Å²) in [6.45, 7) is 3.40. The fourth-order valence-corrected chi connectivity index (χ4v) is 1.43. The molecule has 0 aromatic rings. The number of amides is 1. The maximum atomic E-state index is 11.7. The van der Waals surface area contributed by atoms with Gasteiger partial charge in [-0.15, -0.1) is 0 Å². The summed E-state index contributed by atoms with van der Waals surface area (Å²) in [7, 11) is 1.76. The molecule has 5 heteroatoms. The van der Waals surface area contributed by atoms with Crippen LogP contribution in [0.1, 0.15) is 6.92 Å². The molecule has 2 atom stereocenters. The fourth-order valence-electron chi connectivity index (χ4n) is 1.43. The van der Waals surface area contributed by atoms with Crippen molar-refractivity contribution < 1.29 is 14.6 Å². The summed E-state index contributed by atoms with van der Waals surface area (Å²) < 4.78 is 5.26. The third-order valence-electron chi connectivity index (χ3n) is 2.46. The zero-order valence-electron chi connectivity index (χ0n) is 8.69. The summed E-state index contributed by atoms with van der Waals surface area (Å²) in [6, 6.07) is -0.174. The monoisotopic (exact) mass is 202 g/mol. The van der Waals surface area contributed by atoms with Crippen LogP contribution in [0.3, 0.4) is 0 Å². The maximum absolute atomic E-state index is 11.7.